The molecule has 0 saturated carbocycles. The van der Waals surface area contributed by atoms with Gasteiger partial charge in [0, 0.05) is 47.6 Å². The van der Waals surface area contributed by atoms with Gasteiger partial charge in [-0.25, -0.2) is 0 Å². The van der Waals surface area contributed by atoms with Gasteiger partial charge in [-0.2, -0.15) is 0 Å². The van der Waals surface area contributed by atoms with Crippen LogP contribution in [0, 0.1) is 11.8 Å². The van der Waals surface area contributed by atoms with Gasteiger partial charge >= 0.3 is 0 Å². The van der Waals surface area contributed by atoms with E-state index in [1.165, 1.54) is 32.3 Å². The zero-order chi connectivity index (χ0) is 22.2. The van der Waals surface area contributed by atoms with Gasteiger partial charge in [-0.3, -0.25) is 14.4 Å². The molecule has 0 aliphatic carbocycles. The molecular weight excluding hydrogens is 390 g/mol. The molecular formula is C25H21N3O3. The number of hydrogen-bond acceptors (Lipinski definition) is 3. The predicted octanol–water partition coefficient (Wildman–Crippen LogP) is 3.06. The fourth-order valence-electron chi connectivity index (χ4n) is 2.82. The summed E-state index contributed by atoms with van der Waals surface area (Å²) in [5.74, 6) is 5.05. The molecule has 0 fully saturated rings. The zero-order valence-electron chi connectivity index (χ0n) is 17.2. The first-order valence-electron chi connectivity index (χ1n) is 9.58. The number of benzene rings is 3. The second-order valence-corrected chi connectivity index (χ2v) is 6.60. The van der Waals surface area contributed by atoms with Gasteiger partial charge < -0.3 is 16.0 Å². The third kappa shape index (κ3) is 5.58. The van der Waals surface area contributed by atoms with E-state index in [4.69, 9.17) is 0 Å². The minimum Gasteiger partial charge on any atom is -0.355 e. The largest absolute Gasteiger partial charge is 0.355 e. The van der Waals surface area contributed by atoms with E-state index in [0.29, 0.717) is 11.3 Å². The molecule has 0 unspecified atom stereocenters. The molecule has 0 aromatic heterocycles. The van der Waals surface area contributed by atoms with Crippen LogP contribution in [-0.4, -0.2) is 31.8 Å². The van der Waals surface area contributed by atoms with Crippen molar-refractivity contribution in [1.82, 2.24) is 10.6 Å². The second kappa shape index (κ2) is 9.90. The van der Waals surface area contributed by atoms with Crippen LogP contribution in [-0.2, 0) is 0 Å². The standard InChI is InChI=1S/C25H21N3O3/c1-26-23(29)20-14-21(24(30)27-2)16-22(15-20)28-25(31)19-12-10-18(11-13-19)9-8-17-6-4-3-5-7-17/h3-7,10-16H,1-2H3,(H,26,29)(H,27,30)(H,28,31). The topological polar surface area (TPSA) is 87.3 Å². The Bertz CT molecular complexity index is 1140. The van der Waals surface area contributed by atoms with Crippen molar-refractivity contribution in [2.24, 2.45) is 0 Å². The Kier molecular flexibility index (Phi) is 6.82. The summed E-state index contributed by atoms with van der Waals surface area (Å²) in [5, 5.41) is 7.76. The van der Waals surface area contributed by atoms with Crippen molar-refractivity contribution in [2.45, 2.75) is 0 Å². The highest BCUT2D eigenvalue weighted by Gasteiger charge is 2.13. The Balaban J connectivity index is 1.79. The minimum atomic E-state index is -0.362. The van der Waals surface area contributed by atoms with E-state index in [1.807, 2.05) is 30.3 Å². The van der Waals surface area contributed by atoms with Crippen molar-refractivity contribution < 1.29 is 14.4 Å². The van der Waals surface area contributed by atoms with E-state index >= 15 is 0 Å². The van der Waals surface area contributed by atoms with Crippen LogP contribution in [0.4, 0.5) is 5.69 Å². The number of hydrogen-bond donors (Lipinski definition) is 3. The molecule has 154 valence electrons. The smallest absolute Gasteiger partial charge is 0.255 e. The first-order valence-corrected chi connectivity index (χ1v) is 9.58. The maximum Gasteiger partial charge on any atom is 0.255 e. The van der Waals surface area contributed by atoms with E-state index in [-0.39, 0.29) is 28.8 Å². The molecule has 3 rings (SSSR count). The lowest BCUT2D eigenvalue weighted by molar-refractivity contribution is 0.0960. The summed E-state index contributed by atoms with van der Waals surface area (Å²) >= 11 is 0. The minimum absolute atomic E-state index is 0.269. The van der Waals surface area contributed by atoms with Crippen LogP contribution in [0.25, 0.3) is 0 Å². The molecule has 0 heterocycles. The quantitative estimate of drug-likeness (QED) is 0.577. The molecule has 0 aliphatic heterocycles. The van der Waals surface area contributed by atoms with Crippen molar-refractivity contribution in [1.29, 1.82) is 0 Å². The summed E-state index contributed by atoms with van der Waals surface area (Å²) in [6.07, 6.45) is 0. The summed E-state index contributed by atoms with van der Waals surface area (Å²) in [6, 6.07) is 21.0. The number of rotatable bonds is 4. The molecule has 6 nitrogen and oxygen atoms in total. The van der Waals surface area contributed by atoms with Crippen molar-refractivity contribution in [2.75, 3.05) is 19.4 Å². The predicted molar refractivity (Wildman–Crippen MR) is 120 cm³/mol. The monoisotopic (exact) mass is 411 g/mol. The highest BCUT2D eigenvalue weighted by atomic mass is 16.2. The first-order chi connectivity index (χ1) is 15.0. The van der Waals surface area contributed by atoms with Crippen LogP contribution in [0.2, 0.25) is 0 Å². The highest BCUT2D eigenvalue weighted by Crippen LogP contribution is 2.17. The zero-order valence-corrected chi connectivity index (χ0v) is 17.2. The number of nitrogens with one attached hydrogen (secondary N) is 3. The fraction of sp³-hybridized carbons (Fsp3) is 0.0800. The fourth-order valence-corrected chi connectivity index (χ4v) is 2.82. The summed E-state index contributed by atoms with van der Waals surface area (Å²) in [7, 11) is 2.99. The third-order valence-electron chi connectivity index (χ3n) is 4.44. The van der Waals surface area contributed by atoms with Gasteiger partial charge in [0.15, 0.2) is 0 Å². The Morgan fingerprint density at radius 1 is 0.613 bits per heavy atom. The highest BCUT2D eigenvalue weighted by molar-refractivity contribution is 6.07. The van der Waals surface area contributed by atoms with Gasteiger partial charge in [0.2, 0.25) is 0 Å². The Labute approximate surface area is 180 Å². The lowest BCUT2D eigenvalue weighted by atomic mass is 10.1. The van der Waals surface area contributed by atoms with Gasteiger partial charge in [-0.1, -0.05) is 30.0 Å². The van der Waals surface area contributed by atoms with Gasteiger partial charge in [-0.05, 0) is 54.6 Å². The average molecular weight is 411 g/mol. The van der Waals surface area contributed by atoms with Crippen molar-refractivity contribution in [3.8, 4) is 11.8 Å². The molecule has 3 amide bonds. The van der Waals surface area contributed by atoms with Crippen LogP contribution < -0.4 is 16.0 Å². The molecule has 0 bridgehead atoms. The maximum absolute atomic E-state index is 12.7. The van der Waals surface area contributed by atoms with Gasteiger partial charge in [0.05, 0.1) is 0 Å². The number of carbonyl (C=O) groups excluding carboxylic acids is 3. The second-order valence-electron chi connectivity index (χ2n) is 6.60. The Morgan fingerprint density at radius 3 is 1.65 bits per heavy atom. The van der Waals surface area contributed by atoms with Crippen LogP contribution in [0.5, 0.6) is 0 Å². The molecule has 3 aromatic carbocycles. The normalized spacial score (nSPS) is 9.74. The Morgan fingerprint density at radius 2 is 1.13 bits per heavy atom. The van der Waals surface area contributed by atoms with E-state index in [2.05, 4.69) is 27.8 Å². The SMILES string of the molecule is CNC(=O)c1cc(NC(=O)c2ccc(C#Cc3ccccc3)cc2)cc(C(=O)NC)c1. The van der Waals surface area contributed by atoms with E-state index in [9.17, 15) is 14.4 Å². The van der Waals surface area contributed by atoms with Crippen molar-refractivity contribution in [3.05, 3.63) is 101 Å². The summed E-state index contributed by atoms with van der Waals surface area (Å²) in [6.45, 7) is 0. The van der Waals surface area contributed by atoms with Crippen LogP contribution >= 0.6 is 0 Å². The molecule has 0 aliphatic rings. The van der Waals surface area contributed by atoms with Gasteiger partial charge in [0.1, 0.15) is 0 Å². The van der Waals surface area contributed by atoms with E-state index in [0.717, 1.165) is 11.1 Å². The lowest BCUT2D eigenvalue weighted by Gasteiger charge is -2.10. The molecule has 6 heteroatoms. The van der Waals surface area contributed by atoms with E-state index < -0.39 is 0 Å². The van der Waals surface area contributed by atoms with Gasteiger partial charge in [0.25, 0.3) is 17.7 Å². The number of amides is 3. The molecule has 0 saturated heterocycles. The molecule has 0 spiro atoms. The number of carbonyl (C=O) groups is 3. The number of anilines is 1. The average Bonchev–Trinajstić information content (AvgIpc) is 2.82. The Hall–Kier alpha value is -4.37. The van der Waals surface area contributed by atoms with Crippen LogP contribution in [0.1, 0.15) is 42.2 Å². The molecule has 31 heavy (non-hydrogen) atoms. The third-order valence-corrected chi connectivity index (χ3v) is 4.44. The molecule has 0 radical (unpaired) electrons. The lowest BCUT2D eigenvalue weighted by Crippen LogP contribution is -2.22. The summed E-state index contributed by atoms with van der Waals surface area (Å²) in [4.78, 5) is 36.7. The molecule has 0 atom stereocenters. The summed E-state index contributed by atoms with van der Waals surface area (Å²) < 4.78 is 0. The summed E-state index contributed by atoms with van der Waals surface area (Å²) in [5.41, 5.74) is 3.00. The van der Waals surface area contributed by atoms with Crippen molar-refractivity contribution >= 4 is 23.4 Å². The van der Waals surface area contributed by atoms with E-state index in [1.54, 1.807) is 24.3 Å². The maximum atomic E-state index is 12.7. The van der Waals surface area contributed by atoms with Crippen LogP contribution in [0.3, 0.4) is 0 Å². The van der Waals surface area contributed by atoms with Crippen molar-refractivity contribution in [3.63, 3.8) is 0 Å². The first kappa shape index (κ1) is 21.3. The molecule has 3 aromatic rings. The molecule has 3 N–H and O–H groups in total. The van der Waals surface area contributed by atoms with Gasteiger partial charge in [-0.15, -0.1) is 0 Å². The van der Waals surface area contributed by atoms with Crippen LogP contribution in [0.15, 0.2) is 72.8 Å².